The third-order valence-corrected chi connectivity index (χ3v) is 7.10. The fourth-order valence-electron chi connectivity index (χ4n) is 3.98. The summed E-state index contributed by atoms with van der Waals surface area (Å²) in [4.78, 5) is 12.6. The van der Waals surface area contributed by atoms with Crippen molar-refractivity contribution in [1.29, 1.82) is 0 Å². The van der Waals surface area contributed by atoms with Crippen LogP contribution in [0.15, 0.2) is 90.0 Å². The lowest BCUT2D eigenvalue weighted by molar-refractivity contribution is -0.119. The minimum atomic E-state index is -3.74. The second-order valence-electron chi connectivity index (χ2n) is 8.61. The van der Waals surface area contributed by atoms with Crippen molar-refractivity contribution in [2.24, 2.45) is 5.10 Å². The molecule has 3 aromatic carbocycles. The van der Waals surface area contributed by atoms with Gasteiger partial charge in [0.05, 0.1) is 18.2 Å². The molecule has 0 unspecified atom stereocenters. The second-order valence-corrected chi connectivity index (χ2v) is 11.0. The number of para-hydroxylation sites is 1. The number of benzene rings is 3. The van der Waals surface area contributed by atoms with Crippen LogP contribution in [0.25, 0.3) is 5.69 Å². The second kappa shape index (κ2) is 11.5. The zero-order valence-corrected chi connectivity index (χ0v) is 22.7. The van der Waals surface area contributed by atoms with E-state index in [0.29, 0.717) is 22.2 Å². The Hall–Kier alpha value is -4.08. The number of aromatic nitrogens is 1. The van der Waals surface area contributed by atoms with Crippen LogP contribution < -0.4 is 14.5 Å². The van der Waals surface area contributed by atoms with Gasteiger partial charge in [0.2, 0.25) is 10.0 Å². The Balaban J connectivity index is 1.43. The van der Waals surface area contributed by atoms with Gasteiger partial charge < -0.3 is 9.30 Å². The molecule has 0 saturated heterocycles. The van der Waals surface area contributed by atoms with Gasteiger partial charge in [0.1, 0.15) is 18.0 Å². The number of anilines is 1. The number of ether oxygens (including phenoxy) is 1. The molecule has 0 aliphatic heterocycles. The molecule has 4 aromatic rings. The van der Waals surface area contributed by atoms with E-state index < -0.39 is 22.5 Å². The van der Waals surface area contributed by atoms with Gasteiger partial charge in [-0.2, -0.15) is 5.10 Å². The van der Waals surface area contributed by atoms with E-state index in [-0.39, 0.29) is 0 Å². The van der Waals surface area contributed by atoms with E-state index >= 15 is 0 Å². The highest BCUT2D eigenvalue weighted by Crippen LogP contribution is 2.26. The van der Waals surface area contributed by atoms with Crippen LogP contribution >= 0.6 is 11.6 Å². The smallest absolute Gasteiger partial charge is 0.260 e. The molecular weight excluding hydrogens is 524 g/mol. The minimum Gasteiger partial charge on any atom is -0.457 e. The van der Waals surface area contributed by atoms with E-state index in [4.69, 9.17) is 16.3 Å². The molecule has 1 amide bonds. The number of nitrogens with one attached hydrogen (secondary N) is 1. The Morgan fingerprint density at radius 1 is 1.00 bits per heavy atom. The molecule has 0 fully saturated rings. The number of carbonyl (C=O) groups is 1. The number of halogens is 1. The van der Waals surface area contributed by atoms with Gasteiger partial charge in [-0.1, -0.05) is 35.9 Å². The van der Waals surface area contributed by atoms with Crippen molar-refractivity contribution in [3.8, 4) is 17.2 Å². The fraction of sp³-hybridized carbons (Fsp3) is 0.143. The lowest BCUT2D eigenvalue weighted by Gasteiger charge is -2.21. The van der Waals surface area contributed by atoms with Gasteiger partial charge in [0.25, 0.3) is 5.91 Å². The molecule has 0 atom stereocenters. The van der Waals surface area contributed by atoms with Crippen LogP contribution in [0.4, 0.5) is 5.69 Å². The zero-order valence-electron chi connectivity index (χ0n) is 21.1. The topological polar surface area (TPSA) is 93.0 Å². The monoisotopic (exact) mass is 550 g/mol. The molecule has 0 radical (unpaired) electrons. The van der Waals surface area contributed by atoms with E-state index in [2.05, 4.69) is 10.5 Å². The molecule has 38 heavy (non-hydrogen) atoms. The molecule has 0 saturated carbocycles. The number of aryl methyl sites for hydroxylation is 1. The average Bonchev–Trinajstić information content (AvgIpc) is 3.16. The van der Waals surface area contributed by atoms with E-state index in [1.165, 1.54) is 6.21 Å². The number of hydrogen-bond acceptors (Lipinski definition) is 5. The van der Waals surface area contributed by atoms with Crippen molar-refractivity contribution in [3.63, 3.8) is 0 Å². The molecule has 0 aliphatic carbocycles. The maximum absolute atomic E-state index is 12.6. The van der Waals surface area contributed by atoms with E-state index in [1.54, 1.807) is 24.3 Å². The first-order valence-corrected chi connectivity index (χ1v) is 13.9. The Bertz CT molecular complexity index is 1570. The molecule has 1 aromatic heterocycles. The van der Waals surface area contributed by atoms with Crippen LogP contribution in [0.1, 0.15) is 17.0 Å². The quantitative estimate of drug-likeness (QED) is 0.221. The Morgan fingerprint density at radius 3 is 2.34 bits per heavy atom. The summed E-state index contributed by atoms with van der Waals surface area (Å²) in [5, 5.41) is 4.68. The van der Waals surface area contributed by atoms with Crippen LogP contribution in [-0.2, 0) is 14.8 Å². The van der Waals surface area contributed by atoms with Gasteiger partial charge in [0, 0.05) is 27.7 Å². The summed E-state index contributed by atoms with van der Waals surface area (Å²) in [5.41, 5.74) is 6.36. The normalized spacial score (nSPS) is 11.5. The van der Waals surface area contributed by atoms with Gasteiger partial charge in [0.15, 0.2) is 0 Å². The molecule has 0 spiro atoms. The molecule has 1 heterocycles. The molecule has 4 rings (SSSR count). The van der Waals surface area contributed by atoms with Crippen LogP contribution in [0.2, 0.25) is 5.02 Å². The third-order valence-electron chi connectivity index (χ3n) is 5.72. The highest BCUT2D eigenvalue weighted by molar-refractivity contribution is 7.92. The van der Waals surface area contributed by atoms with Gasteiger partial charge in [-0.05, 0) is 74.5 Å². The number of hydrogen-bond donors (Lipinski definition) is 1. The largest absolute Gasteiger partial charge is 0.457 e. The minimum absolute atomic E-state index is 0.331. The lowest BCUT2D eigenvalue weighted by Crippen LogP contribution is -2.39. The first-order chi connectivity index (χ1) is 18.1. The van der Waals surface area contributed by atoms with E-state index in [0.717, 1.165) is 33.2 Å². The predicted molar refractivity (Wildman–Crippen MR) is 151 cm³/mol. The number of nitrogens with zero attached hydrogens (tertiary/aromatic N) is 3. The predicted octanol–water partition coefficient (Wildman–Crippen LogP) is 5.46. The highest BCUT2D eigenvalue weighted by atomic mass is 35.5. The molecule has 196 valence electrons. The average molecular weight is 551 g/mol. The van der Waals surface area contributed by atoms with Crippen molar-refractivity contribution < 1.29 is 17.9 Å². The standard InChI is InChI=1S/C28H27ClN4O4S/c1-20-16-22(21(2)33(20)25-9-7-8-23(29)17-25)18-30-31-28(34)19-32(38(3,35)36)24-12-14-27(15-13-24)37-26-10-5-4-6-11-26/h4-18H,19H2,1-3H3,(H,31,34)/b30-18+. The van der Waals surface area contributed by atoms with Crippen LogP contribution in [0.5, 0.6) is 11.5 Å². The number of amides is 1. The van der Waals surface area contributed by atoms with Gasteiger partial charge in [-0.15, -0.1) is 0 Å². The highest BCUT2D eigenvalue weighted by Gasteiger charge is 2.21. The summed E-state index contributed by atoms with van der Waals surface area (Å²) in [5.74, 6) is 0.614. The molecule has 0 aliphatic rings. The fourth-order valence-corrected chi connectivity index (χ4v) is 5.02. The van der Waals surface area contributed by atoms with Crippen LogP contribution in [-0.4, -0.2) is 37.9 Å². The Labute approximate surface area is 227 Å². The van der Waals surface area contributed by atoms with Crippen LogP contribution in [0, 0.1) is 13.8 Å². The molecule has 1 N–H and O–H groups in total. The Kier molecular flexibility index (Phi) is 8.19. The zero-order chi connectivity index (χ0) is 27.3. The summed E-state index contributed by atoms with van der Waals surface area (Å²) in [6, 6.07) is 25.1. The Morgan fingerprint density at radius 2 is 1.68 bits per heavy atom. The number of rotatable bonds is 9. The number of sulfonamides is 1. The number of carbonyl (C=O) groups excluding carboxylic acids is 1. The summed E-state index contributed by atoms with van der Waals surface area (Å²) in [6.45, 7) is 3.47. The first kappa shape index (κ1) is 27.0. The van der Waals surface area contributed by atoms with Crippen molar-refractivity contribution in [2.45, 2.75) is 13.8 Å². The molecule has 10 heteroatoms. The summed E-state index contributed by atoms with van der Waals surface area (Å²) < 4.78 is 33.7. The lowest BCUT2D eigenvalue weighted by atomic mass is 10.2. The molecular formula is C28H27ClN4O4S. The molecule has 0 bridgehead atoms. The van der Waals surface area contributed by atoms with Gasteiger partial charge in [-0.25, -0.2) is 13.8 Å². The summed E-state index contributed by atoms with van der Waals surface area (Å²) >= 11 is 6.14. The third kappa shape index (κ3) is 6.62. The van der Waals surface area contributed by atoms with Gasteiger partial charge in [-0.3, -0.25) is 9.10 Å². The summed E-state index contributed by atoms with van der Waals surface area (Å²) in [7, 11) is -3.74. The van der Waals surface area contributed by atoms with E-state index in [1.807, 2.05) is 79.1 Å². The van der Waals surface area contributed by atoms with Gasteiger partial charge >= 0.3 is 0 Å². The van der Waals surface area contributed by atoms with E-state index in [9.17, 15) is 13.2 Å². The van der Waals surface area contributed by atoms with Crippen molar-refractivity contribution >= 4 is 39.4 Å². The summed E-state index contributed by atoms with van der Waals surface area (Å²) in [6.07, 6.45) is 2.57. The SMILES string of the molecule is Cc1cc(/C=N/NC(=O)CN(c2ccc(Oc3ccccc3)cc2)S(C)(=O)=O)c(C)n1-c1cccc(Cl)c1. The van der Waals surface area contributed by atoms with Crippen molar-refractivity contribution in [1.82, 2.24) is 9.99 Å². The number of hydrazone groups is 1. The maximum atomic E-state index is 12.6. The first-order valence-electron chi connectivity index (χ1n) is 11.7. The van der Waals surface area contributed by atoms with Crippen molar-refractivity contribution in [2.75, 3.05) is 17.1 Å². The molecule has 8 nitrogen and oxygen atoms in total. The van der Waals surface area contributed by atoms with Crippen LogP contribution in [0.3, 0.4) is 0 Å². The maximum Gasteiger partial charge on any atom is 0.260 e. The van der Waals surface area contributed by atoms with Crippen molar-refractivity contribution in [3.05, 3.63) is 107 Å².